The second kappa shape index (κ2) is 8.14. The van der Waals surface area contributed by atoms with Crippen molar-refractivity contribution in [3.8, 4) is 0 Å². The van der Waals surface area contributed by atoms with E-state index in [9.17, 15) is 10.2 Å². The summed E-state index contributed by atoms with van der Waals surface area (Å²) in [5, 5.41) is 19.5. The molecule has 2 aliphatic rings. The molecule has 7 nitrogen and oxygen atoms in total. The molecule has 1 aromatic carbocycles. The smallest absolute Gasteiger partial charge is 0.206 e. The highest BCUT2D eigenvalue weighted by atomic mass is 16.3. The van der Waals surface area contributed by atoms with E-state index in [2.05, 4.69) is 32.4 Å². The Kier molecular flexibility index (Phi) is 5.63. The Morgan fingerprint density at radius 1 is 1.04 bits per heavy atom. The summed E-state index contributed by atoms with van der Waals surface area (Å²) in [5.41, 5.74) is 2.02. The topological polar surface area (TPSA) is 68.0 Å². The first-order valence-electron chi connectivity index (χ1n) is 10.0. The summed E-state index contributed by atoms with van der Waals surface area (Å²) in [6.45, 7) is 8.07. The molecule has 1 aromatic heterocycles. The third kappa shape index (κ3) is 3.82. The highest BCUT2D eigenvalue weighted by molar-refractivity contribution is 5.78. The number of fused-ring (bicyclic) bond motifs is 1. The standard InChI is InChI=1S/C20H31N5O2/c1-22-6-8-23(9-7-22)12-16-13-24(14-17(16)15-27)20-21-18-4-2-3-5-19(18)25(20)10-11-26/h2-5,16-17,26-27H,6-15H2,1H3/t16-,17-/m1/s1. The first kappa shape index (κ1) is 18.7. The van der Waals surface area contributed by atoms with E-state index in [-0.39, 0.29) is 19.1 Å². The average Bonchev–Trinajstić information content (AvgIpc) is 3.25. The van der Waals surface area contributed by atoms with Gasteiger partial charge in [-0.3, -0.25) is 0 Å². The summed E-state index contributed by atoms with van der Waals surface area (Å²) in [4.78, 5) is 12.1. The van der Waals surface area contributed by atoms with Gasteiger partial charge in [0.25, 0.3) is 0 Å². The molecule has 7 heteroatoms. The maximum Gasteiger partial charge on any atom is 0.206 e. The average molecular weight is 374 g/mol. The van der Waals surface area contributed by atoms with Gasteiger partial charge in [0.05, 0.1) is 17.6 Å². The molecule has 4 rings (SSSR count). The van der Waals surface area contributed by atoms with Crippen LogP contribution in [-0.2, 0) is 6.54 Å². The van der Waals surface area contributed by atoms with Crippen molar-refractivity contribution in [3.63, 3.8) is 0 Å². The second-order valence-electron chi connectivity index (χ2n) is 7.99. The molecule has 0 aliphatic carbocycles. The number of hydrogen-bond acceptors (Lipinski definition) is 6. The molecule has 2 aliphatic heterocycles. The predicted molar refractivity (Wildman–Crippen MR) is 107 cm³/mol. The van der Waals surface area contributed by atoms with Crippen LogP contribution in [0.3, 0.4) is 0 Å². The SMILES string of the molecule is CN1CCN(C[C@@H]2CN(c3nc4ccccc4n3CCO)C[C@@H]2CO)CC1. The van der Waals surface area contributed by atoms with E-state index in [0.29, 0.717) is 12.5 Å². The molecular weight excluding hydrogens is 342 g/mol. The minimum atomic E-state index is 0.0926. The summed E-state index contributed by atoms with van der Waals surface area (Å²) < 4.78 is 2.11. The number of aliphatic hydroxyl groups excluding tert-OH is 2. The molecule has 27 heavy (non-hydrogen) atoms. The zero-order valence-corrected chi connectivity index (χ0v) is 16.2. The number of nitrogens with zero attached hydrogens (tertiary/aromatic N) is 5. The molecule has 0 saturated carbocycles. The lowest BCUT2D eigenvalue weighted by Gasteiger charge is -2.34. The zero-order chi connectivity index (χ0) is 18.8. The van der Waals surface area contributed by atoms with Crippen molar-refractivity contribution in [1.82, 2.24) is 19.4 Å². The lowest BCUT2D eigenvalue weighted by atomic mass is 9.96. The van der Waals surface area contributed by atoms with Crippen LogP contribution < -0.4 is 4.90 Å². The van der Waals surface area contributed by atoms with Gasteiger partial charge in [-0.15, -0.1) is 0 Å². The number of aromatic nitrogens is 2. The van der Waals surface area contributed by atoms with E-state index in [4.69, 9.17) is 4.98 Å². The second-order valence-corrected chi connectivity index (χ2v) is 7.99. The Bertz CT molecular complexity index is 756. The first-order chi connectivity index (χ1) is 13.2. The Morgan fingerprint density at radius 3 is 2.52 bits per heavy atom. The first-order valence-corrected chi connectivity index (χ1v) is 10.0. The van der Waals surface area contributed by atoms with Crippen molar-refractivity contribution in [1.29, 1.82) is 0 Å². The Balaban J connectivity index is 1.53. The Labute approximate surface area is 160 Å². The molecular formula is C20H31N5O2. The van der Waals surface area contributed by atoms with Crippen molar-refractivity contribution in [2.75, 3.05) is 71.0 Å². The molecule has 148 valence electrons. The number of anilines is 1. The van der Waals surface area contributed by atoms with Crippen molar-refractivity contribution in [2.45, 2.75) is 6.54 Å². The fraction of sp³-hybridized carbons (Fsp3) is 0.650. The maximum atomic E-state index is 9.96. The fourth-order valence-corrected chi connectivity index (χ4v) is 4.50. The minimum absolute atomic E-state index is 0.0926. The molecule has 0 unspecified atom stereocenters. The third-order valence-corrected chi connectivity index (χ3v) is 6.14. The molecule has 3 heterocycles. The van der Waals surface area contributed by atoms with Gasteiger partial charge in [-0.2, -0.15) is 0 Å². The monoisotopic (exact) mass is 373 g/mol. The van der Waals surface area contributed by atoms with Crippen molar-refractivity contribution < 1.29 is 10.2 Å². The van der Waals surface area contributed by atoms with E-state index in [1.807, 2.05) is 18.2 Å². The van der Waals surface area contributed by atoms with Crippen molar-refractivity contribution >= 4 is 17.0 Å². The number of benzene rings is 1. The van der Waals surface area contributed by atoms with Crippen LogP contribution in [-0.4, -0.2) is 95.6 Å². The van der Waals surface area contributed by atoms with Crippen LogP contribution in [0.4, 0.5) is 5.95 Å². The van der Waals surface area contributed by atoms with Crippen LogP contribution in [0.1, 0.15) is 0 Å². The number of aliphatic hydroxyl groups is 2. The van der Waals surface area contributed by atoms with Crippen LogP contribution in [0.15, 0.2) is 24.3 Å². The summed E-state index contributed by atoms with van der Waals surface area (Å²) in [6.07, 6.45) is 0. The molecule has 2 atom stereocenters. The molecule has 2 fully saturated rings. The van der Waals surface area contributed by atoms with Gasteiger partial charge in [0, 0.05) is 64.9 Å². The fourth-order valence-electron chi connectivity index (χ4n) is 4.50. The van der Waals surface area contributed by atoms with Gasteiger partial charge in [0.1, 0.15) is 0 Å². The van der Waals surface area contributed by atoms with Gasteiger partial charge in [0.15, 0.2) is 0 Å². The molecule has 2 saturated heterocycles. The van der Waals surface area contributed by atoms with Crippen LogP contribution in [0, 0.1) is 11.8 Å². The highest BCUT2D eigenvalue weighted by Crippen LogP contribution is 2.31. The Morgan fingerprint density at radius 2 is 1.78 bits per heavy atom. The summed E-state index contributed by atoms with van der Waals surface area (Å²) in [6, 6.07) is 8.09. The molecule has 0 amide bonds. The van der Waals surface area contributed by atoms with E-state index in [1.165, 1.54) is 0 Å². The van der Waals surface area contributed by atoms with Gasteiger partial charge in [-0.1, -0.05) is 12.1 Å². The van der Waals surface area contributed by atoms with E-state index in [1.54, 1.807) is 0 Å². The largest absolute Gasteiger partial charge is 0.396 e. The van der Waals surface area contributed by atoms with Crippen molar-refractivity contribution in [2.24, 2.45) is 11.8 Å². The lowest BCUT2D eigenvalue weighted by molar-refractivity contribution is 0.116. The van der Waals surface area contributed by atoms with Crippen LogP contribution in [0.5, 0.6) is 0 Å². The van der Waals surface area contributed by atoms with E-state index >= 15 is 0 Å². The van der Waals surface area contributed by atoms with Crippen LogP contribution >= 0.6 is 0 Å². The van der Waals surface area contributed by atoms with Gasteiger partial charge in [0.2, 0.25) is 5.95 Å². The van der Waals surface area contributed by atoms with Gasteiger partial charge in [-0.25, -0.2) is 4.98 Å². The Hall–Kier alpha value is -1.67. The van der Waals surface area contributed by atoms with Crippen molar-refractivity contribution in [3.05, 3.63) is 24.3 Å². The number of rotatable bonds is 6. The minimum Gasteiger partial charge on any atom is -0.396 e. The number of hydrogen-bond donors (Lipinski definition) is 2. The van der Waals surface area contributed by atoms with Gasteiger partial charge < -0.3 is 29.5 Å². The summed E-state index contributed by atoms with van der Waals surface area (Å²) >= 11 is 0. The predicted octanol–water partition coefficient (Wildman–Crippen LogP) is 0.321. The molecule has 2 aromatic rings. The van der Waals surface area contributed by atoms with E-state index < -0.39 is 0 Å². The third-order valence-electron chi connectivity index (χ3n) is 6.14. The van der Waals surface area contributed by atoms with Gasteiger partial charge >= 0.3 is 0 Å². The zero-order valence-electron chi connectivity index (χ0n) is 16.2. The molecule has 0 radical (unpaired) electrons. The normalized spacial score (nSPS) is 24.9. The summed E-state index contributed by atoms with van der Waals surface area (Å²) in [7, 11) is 2.18. The van der Waals surface area contributed by atoms with Crippen LogP contribution in [0.25, 0.3) is 11.0 Å². The highest BCUT2D eigenvalue weighted by Gasteiger charge is 2.36. The molecule has 0 spiro atoms. The summed E-state index contributed by atoms with van der Waals surface area (Å²) in [5.74, 6) is 1.64. The number of piperazine rings is 1. The number of imidazole rings is 1. The maximum absolute atomic E-state index is 9.96. The van der Waals surface area contributed by atoms with Crippen LogP contribution in [0.2, 0.25) is 0 Å². The number of likely N-dealkylation sites (N-methyl/N-ethyl adjacent to an activating group) is 1. The lowest BCUT2D eigenvalue weighted by Crippen LogP contribution is -2.47. The molecule has 2 N–H and O–H groups in total. The molecule has 0 bridgehead atoms. The van der Waals surface area contributed by atoms with E-state index in [0.717, 1.165) is 62.8 Å². The number of para-hydroxylation sites is 2. The van der Waals surface area contributed by atoms with Gasteiger partial charge in [-0.05, 0) is 25.1 Å². The quantitative estimate of drug-likeness (QED) is 0.760.